The van der Waals surface area contributed by atoms with Crippen LogP contribution in [-0.2, 0) is 23.9 Å². The Labute approximate surface area is 131 Å². The van der Waals surface area contributed by atoms with Crippen molar-refractivity contribution in [2.75, 3.05) is 0 Å². The third kappa shape index (κ3) is 3.31. The quantitative estimate of drug-likeness (QED) is 0.853. The van der Waals surface area contributed by atoms with Gasteiger partial charge in [0.25, 0.3) is 0 Å². The number of primary amides is 1. The molecule has 0 fully saturated rings. The Bertz CT molecular complexity index is 797. The maximum Gasteiger partial charge on any atom is 0.408 e. The average molecular weight is 323 g/mol. The van der Waals surface area contributed by atoms with E-state index in [0.717, 1.165) is 6.07 Å². The number of alkyl halides is 3. The summed E-state index contributed by atoms with van der Waals surface area (Å²) in [6.07, 6.45) is -4.14. The SMILES string of the molecule is [C-]#[N+]c1ccc2c(cc(CC(C)C)n2CC(N)=O)c1C(F)(F)F. The number of carbonyl (C=O) groups is 1. The molecule has 0 radical (unpaired) electrons. The molecule has 0 saturated heterocycles. The lowest BCUT2D eigenvalue weighted by Gasteiger charge is -2.12. The zero-order chi connectivity index (χ0) is 17.4. The maximum atomic E-state index is 13.4. The van der Waals surface area contributed by atoms with Crippen LogP contribution in [0.25, 0.3) is 15.7 Å². The molecule has 2 aromatic rings. The minimum atomic E-state index is -4.65. The number of nitrogens with zero attached hydrogens (tertiary/aromatic N) is 2. The van der Waals surface area contributed by atoms with E-state index in [2.05, 4.69) is 4.85 Å². The van der Waals surface area contributed by atoms with Gasteiger partial charge in [-0.2, -0.15) is 13.2 Å². The van der Waals surface area contributed by atoms with Crippen molar-refractivity contribution in [3.05, 3.63) is 40.9 Å². The van der Waals surface area contributed by atoms with E-state index in [-0.39, 0.29) is 23.4 Å². The molecule has 0 aliphatic rings. The zero-order valence-corrected chi connectivity index (χ0v) is 12.7. The molecule has 23 heavy (non-hydrogen) atoms. The van der Waals surface area contributed by atoms with E-state index in [0.29, 0.717) is 12.1 Å². The predicted octanol–water partition coefficient (Wildman–Crippen LogP) is 3.89. The highest BCUT2D eigenvalue weighted by Crippen LogP contribution is 2.42. The molecular weight excluding hydrogens is 307 g/mol. The van der Waals surface area contributed by atoms with Crippen molar-refractivity contribution in [1.29, 1.82) is 0 Å². The van der Waals surface area contributed by atoms with Gasteiger partial charge in [-0.1, -0.05) is 19.9 Å². The van der Waals surface area contributed by atoms with E-state index >= 15 is 0 Å². The van der Waals surface area contributed by atoms with Crippen molar-refractivity contribution >= 4 is 22.5 Å². The molecule has 0 saturated carbocycles. The van der Waals surface area contributed by atoms with Crippen molar-refractivity contribution in [1.82, 2.24) is 4.57 Å². The van der Waals surface area contributed by atoms with Crippen molar-refractivity contribution in [2.24, 2.45) is 11.7 Å². The lowest BCUT2D eigenvalue weighted by Crippen LogP contribution is -2.20. The lowest BCUT2D eigenvalue weighted by molar-refractivity contribution is -0.135. The summed E-state index contributed by atoms with van der Waals surface area (Å²) in [5.41, 5.74) is 4.68. The number of benzene rings is 1. The highest BCUT2D eigenvalue weighted by atomic mass is 19.4. The van der Waals surface area contributed by atoms with Crippen LogP contribution < -0.4 is 5.73 Å². The van der Waals surface area contributed by atoms with Crippen LogP contribution >= 0.6 is 0 Å². The number of aromatic nitrogens is 1. The number of nitrogens with two attached hydrogens (primary N) is 1. The molecular formula is C16H16F3N3O. The second-order valence-electron chi connectivity index (χ2n) is 5.79. The average Bonchev–Trinajstić information content (AvgIpc) is 2.72. The molecule has 0 unspecified atom stereocenters. The number of hydrogen-bond acceptors (Lipinski definition) is 1. The Morgan fingerprint density at radius 3 is 2.52 bits per heavy atom. The van der Waals surface area contributed by atoms with Gasteiger partial charge in [0.05, 0.1) is 12.1 Å². The second-order valence-corrected chi connectivity index (χ2v) is 5.79. The van der Waals surface area contributed by atoms with Crippen molar-refractivity contribution in [2.45, 2.75) is 33.0 Å². The van der Waals surface area contributed by atoms with E-state index < -0.39 is 23.3 Å². The molecule has 4 nitrogen and oxygen atoms in total. The molecule has 0 aliphatic carbocycles. The van der Waals surface area contributed by atoms with Crippen LogP contribution in [-0.4, -0.2) is 10.5 Å². The van der Waals surface area contributed by atoms with Crippen LogP contribution in [0.1, 0.15) is 25.1 Å². The summed E-state index contributed by atoms with van der Waals surface area (Å²) in [7, 11) is 0. The number of hydrogen-bond donors (Lipinski definition) is 1. The molecule has 0 aliphatic heterocycles. The first kappa shape index (κ1) is 16.9. The molecule has 1 aromatic heterocycles. The zero-order valence-electron chi connectivity index (χ0n) is 12.7. The van der Waals surface area contributed by atoms with Gasteiger partial charge >= 0.3 is 6.18 Å². The molecule has 0 bridgehead atoms. The van der Waals surface area contributed by atoms with E-state index in [1.165, 1.54) is 16.7 Å². The summed E-state index contributed by atoms with van der Waals surface area (Å²) in [5, 5.41) is -0.0668. The van der Waals surface area contributed by atoms with Gasteiger partial charge in [0, 0.05) is 16.6 Å². The topological polar surface area (TPSA) is 52.4 Å². The predicted molar refractivity (Wildman–Crippen MR) is 80.9 cm³/mol. The summed E-state index contributed by atoms with van der Waals surface area (Å²) in [4.78, 5) is 14.3. The second kappa shape index (κ2) is 5.95. The van der Waals surface area contributed by atoms with Gasteiger partial charge < -0.3 is 10.3 Å². The standard InChI is InChI=1S/C16H16F3N3O/c1-9(2)6-10-7-11-13(22(10)8-14(20)23)5-4-12(21-3)15(11)16(17,18)19/h4-5,7,9H,6,8H2,1-2H3,(H2,20,23). The van der Waals surface area contributed by atoms with Gasteiger partial charge in [-0.05, 0) is 24.5 Å². The molecule has 122 valence electrons. The summed E-state index contributed by atoms with van der Waals surface area (Å²) >= 11 is 0. The highest BCUT2D eigenvalue weighted by Gasteiger charge is 2.36. The molecule has 0 spiro atoms. The molecule has 7 heteroatoms. The van der Waals surface area contributed by atoms with Gasteiger partial charge in [-0.15, -0.1) is 0 Å². The maximum absolute atomic E-state index is 13.4. The fraction of sp³-hybridized carbons (Fsp3) is 0.375. The first-order valence-corrected chi connectivity index (χ1v) is 7.03. The summed E-state index contributed by atoms with van der Waals surface area (Å²) in [6.45, 7) is 10.6. The third-order valence-corrected chi connectivity index (χ3v) is 3.48. The third-order valence-electron chi connectivity index (χ3n) is 3.48. The van der Waals surface area contributed by atoms with Gasteiger partial charge in [-0.25, -0.2) is 4.85 Å². The molecule has 2 rings (SSSR count). The van der Waals surface area contributed by atoms with Crippen LogP contribution in [0, 0.1) is 12.5 Å². The van der Waals surface area contributed by atoms with E-state index in [4.69, 9.17) is 12.3 Å². The van der Waals surface area contributed by atoms with Gasteiger partial charge in [-0.3, -0.25) is 4.79 Å². The number of fused-ring (bicyclic) bond motifs is 1. The van der Waals surface area contributed by atoms with Crippen molar-refractivity contribution in [3.8, 4) is 0 Å². The van der Waals surface area contributed by atoms with Crippen molar-refractivity contribution < 1.29 is 18.0 Å². The van der Waals surface area contributed by atoms with Crippen molar-refractivity contribution in [3.63, 3.8) is 0 Å². The molecule has 2 N–H and O–H groups in total. The Balaban J connectivity index is 2.82. The Kier molecular flexibility index (Phi) is 4.37. The lowest BCUT2D eigenvalue weighted by atomic mass is 10.1. The van der Waals surface area contributed by atoms with Crippen LogP contribution in [0.3, 0.4) is 0 Å². The van der Waals surface area contributed by atoms with Gasteiger partial charge in [0.1, 0.15) is 6.54 Å². The number of amides is 1. The Morgan fingerprint density at radius 2 is 2.04 bits per heavy atom. The van der Waals surface area contributed by atoms with Gasteiger partial charge in [0.2, 0.25) is 5.91 Å². The highest BCUT2D eigenvalue weighted by molar-refractivity contribution is 5.91. The molecule has 0 atom stereocenters. The fourth-order valence-corrected chi connectivity index (χ4v) is 2.70. The van der Waals surface area contributed by atoms with Crippen LogP contribution in [0.5, 0.6) is 0 Å². The van der Waals surface area contributed by atoms with Crippen LogP contribution in [0.4, 0.5) is 18.9 Å². The first-order chi connectivity index (χ1) is 10.6. The summed E-state index contributed by atoms with van der Waals surface area (Å²) < 4.78 is 41.7. The van der Waals surface area contributed by atoms with Gasteiger partial charge in [0.15, 0.2) is 5.69 Å². The van der Waals surface area contributed by atoms with Crippen LogP contribution in [0.15, 0.2) is 18.2 Å². The fourth-order valence-electron chi connectivity index (χ4n) is 2.70. The van der Waals surface area contributed by atoms with Crippen LogP contribution in [0.2, 0.25) is 0 Å². The number of carbonyl (C=O) groups excluding carboxylic acids is 1. The normalized spacial score (nSPS) is 11.9. The molecule has 1 heterocycles. The monoisotopic (exact) mass is 323 g/mol. The van der Waals surface area contributed by atoms with E-state index in [1.807, 2.05) is 13.8 Å². The van der Waals surface area contributed by atoms with E-state index in [1.54, 1.807) is 0 Å². The molecule has 1 aromatic carbocycles. The minimum absolute atomic E-state index is 0.0668. The largest absolute Gasteiger partial charge is 0.408 e. The summed E-state index contributed by atoms with van der Waals surface area (Å²) in [6, 6.07) is 3.98. The minimum Gasteiger partial charge on any atom is -0.368 e. The Hall–Kier alpha value is -2.49. The van der Waals surface area contributed by atoms with E-state index in [9.17, 15) is 18.0 Å². The number of halogens is 3. The molecule has 1 amide bonds. The summed E-state index contributed by atoms with van der Waals surface area (Å²) in [5.74, 6) is -0.434. The number of rotatable bonds is 4. The smallest absolute Gasteiger partial charge is 0.368 e. The first-order valence-electron chi connectivity index (χ1n) is 7.03. The Morgan fingerprint density at radius 1 is 1.39 bits per heavy atom.